The summed E-state index contributed by atoms with van der Waals surface area (Å²) in [7, 11) is 0. The van der Waals surface area contributed by atoms with Crippen LogP contribution in [0, 0.1) is 61.8 Å². The van der Waals surface area contributed by atoms with Crippen molar-refractivity contribution in [3.05, 3.63) is 61.8 Å². The molecule has 0 bridgehead atoms. The molecule has 86 valence electrons. The molecule has 2 heteroatoms. The summed E-state index contributed by atoms with van der Waals surface area (Å²) in [5, 5.41) is 0. The first-order valence-corrected chi connectivity index (χ1v) is 8.26. The van der Waals surface area contributed by atoms with Gasteiger partial charge in [-0.05, 0) is 32.1 Å². The van der Waals surface area contributed by atoms with Crippen LogP contribution in [0.2, 0.25) is 4.47 Å². The van der Waals surface area contributed by atoms with Crippen LogP contribution in [0.1, 0.15) is 19.8 Å². The fraction of sp³-hybridized carbons (Fsp3) is 0.286. The van der Waals surface area contributed by atoms with Gasteiger partial charge in [-0.25, -0.2) is 0 Å². The summed E-state index contributed by atoms with van der Waals surface area (Å²) in [5.74, 6) is 0. The SMILES string of the molecule is CCCC[Te][C]1[CH][CH][CH][CH]1.[CH]1[CH][CH][CH][CH]1.[Fe+2]. The maximum atomic E-state index is 2.26. The third-order valence-electron chi connectivity index (χ3n) is 1.95. The van der Waals surface area contributed by atoms with Crippen molar-refractivity contribution in [2.45, 2.75) is 24.2 Å². The molecule has 0 aromatic heterocycles. The van der Waals surface area contributed by atoms with Gasteiger partial charge in [-0.1, -0.05) is 0 Å². The maximum Gasteiger partial charge on any atom is 2.00 e. The molecule has 0 aromatic carbocycles. The second-order valence-electron chi connectivity index (χ2n) is 3.28. The maximum absolute atomic E-state index is 2.26. The Kier molecular flexibility index (Phi) is 13.8. The van der Waals surface area contributed by atoms with Gasteiger partial charge in [-0.3, -0.25) is 0 Å². The third-order valence-corrected chi connectivity index (χ3v) is 5.09. The van der Waals surface area contributed by atoms with Crippen LogP contribution in [0.3, 0.4) is 0 Å². The Balaban J connectivity index is 0.000000318. The molecule has 2 rings (SSSR count). The van der Waals surface area contributed by atoms with Crippen LogP contribution in [0.4, 0.5) is 0 Å². The summed E-state index contributed by atoms with van der Waals surface area (Å²) < 4.78 is 3.10. The molecule has 0 N–H and O–H groups in total. The minimum absolute atomic E-state index is 0. The average Bonchev–Trinajstić information content (AvgIpc) is 2.94. The van der Waals surface area contributed by atoms with E-state index in [1.54, 1.807) is 3.97 Å². The van der Waals surface area contributed by atoms with Crippen molar-refractivity contribution in [2.75, 3.05) is 0 Å². The van der Waals surface area contributed by atoms with Gasteiger partial charge < -0.3 is 0 Å². The van der Waals surface area contributed by atoms with E-state index in [4.69, 9.17) is 0 Å². The normalized spacial score (nSPS) is 20.1. The molecule has 2 fully saturated rings. The van der Waals surface area contributed by atoms with Gasteiger partial charge in [-0.2, -0.15) is 0 Å². The predicted molar refractivity (Wildman–Crippen MR) is 67.4 cm³/mol. The largest absolute Gasteiger partial charge is 2.00 e. The van der Waals surface area contributed by atoms with Crippen LogP contribution in [0.15, 0.2) is 0 Å². The molecule has 0 nitrogen and oxygen atoms in total. The Morgan fingerprint density at radius 2 is 1.38 bits per heavy atom. The Morgan fingerprint density at radius 1 is 0.875 bits per heavy atom. The predicted octanol–water partition coefficient (Wildman–Crippen LogP) is 3.29. The smallest absolute Gasteiger partial charge is 0.0312 e. The van der Waals surface area contributed by atoms with E-state index >= 15 is 0 Å². The quantitative estimate of drug-likeness (QED) is 0.527. The number of unbranched alkanes of at least 4 members (excludes halogenated alkanes) is 1. The molecule has 0 saturated heterocycles. The molecule has 2 saturated carbocycles. The standard InChI is InChI=1S/C9H13Te.C5H5.Fe/c1-2-3-8-10-9-6-4-5-7-9;1-2-4-5-3-1;/h4-7H,2-3,8H2,1H3;1-5H;/q;;+2. The van der Waals surface area contributed by atoms with E-state index in [2.05, 4.69) is 32.6 Å². The fourth-order valence-electron chi connectivity index (χ4n) is 1.11. The minimum atomic E-state index is 0. The van der Waals surface area contributed by atoms with Crippen molar-refractivity contribution in [1.82, 2.24) is 0 Å². The third kappa shape index (κ3) is 9.35. The van der Waals surface area contributed by atoms with Crippen LogP contribution in [0.5, 0.6) is 0 Å². The summed E-state index contributed by atoms with van der Waals surface area (Å²) in [5.41, 5.74) is 0. The van der Waals surface area contributed by atoms with Gasteiger partial charge in [0.25, 0.3) is 0 Å². The van der Waals surface area contributed by atoms with Crippen molar-refractivity contribution in [3.8, 4) is 0 Å². The summed E-state index contributed by atoms with van der Waals surface area (Å²) in [6.45, 7) is 2.26. The van der Waals surface area contributed by atoms with Crippen LogP contribution in [0.25, 0.3) is 0 Å². The van der Waals surface area contributed by atoms with Gasteiger partial charge in [0.15, 0.2) is 0 Å². The molecule has 10 radical (unpaired) electrons. The second-order valence-corrected chi connectivity index (χ2v) is 6.62. The number of rotatable bonds is 4. The Morgan fingerprint density at radius 3 is 1.81 bits per heavy atom. The Bertz CT molecular complexity index is 121. The van der Waals surface area contributed by atoms with Crippen molar-refractivity contribution >= 4 is 20.9 Å². The van der Waals surface area contributed by atoms with Gasteiger partial charge in [0, 0.05) is 0 Å². The summed E-state index contributed by atoms with van der Waals surface area (Å²) in [4.78, 5) is 0. The molecule has 0 heterocycles. The monoisotopic (exact) mass is 372 g/mol. The molecule has 2 aliphatic carbocycles. The Hall–Kier alpha value is 1.31. The Labute approximate surface area is 123 Å². The zero-order valence-corrected chi connectivity index (χ0v) is 13.0. The summed E-state index contributed by atoms with van der Waals surface area (Å²) in [6, 6.07) is 0. The van der Waals surface area contributed by atoms with Crippen LogP contribution >= 0.6 is 0 Å². The topological polar surface area (TPSA) is 0 Å². The number of hydrogen-bond donors (Lipinski definition) is 0. The van der Waals surface area contributed by atoms with E-state index in [1.165, 1.54) is 17.3 Å². The van der Waals surface area contributed by atoms with Crippen LogP contribution in [-0.2, 0) is 17.1 Å². The molecular weight excluding hydrogens is 352 g/mol. The summed E-state index contributed by atoms with van der Waals surface area (Å²) in [6.07, 6.45) is 21.6. The van der Waals surface area contributed by atoms with E-state index in [0.29, 0.717) is 0 Å². The van der Waals surface area contributed by atoms with Crippen molar-refractivity contribution in [3.63, 3.8) is 0 Å². The zero-order chi connectivity index (χ0) is 10.8. The molecule has 0 spiro atoms. The summed E-state index contributed by atoms with van der Waals surface area (Å²) >= 11 is 0.193. The first-order valence-electron chi connectivity index (χ1n) is 5.44. The minimum Gasteiger partial charge on any atom is -0.0312 e. The van der Waals surface area contributed by atoms with E-state index < -0.39 is 0 Å². The van der Waals surface area contributed by atoms with Crippen molar-refractivity contribution in [2.24, 2.45) is 0 Å². The van der Waals surface area contributed by atoms with E-state index in [9.17, 15) is 0 Å². The van der Waals surface area contributed by atoms with Gasteiger partial charge in [0.1, 0.15) is 0 Å². The molecule has 0 amide bonds. The van der Waals surface area contributed by atoms with Crippen LogP contribution in [-0.4, -0.2) is 20.9 Å². The molecule has 0 unspecified atom stereocenters. The molecule has 2 aliphatic rings. The van der Waals surface area contributed by atoms with Gasteiger partial charge in [0.05, 0.1) is 0 Å². The van der Waals surface area contributed by atoms with Gasteiger partial charge >= 0.3 is 91.9 Å². The number of hydrogen-bond acceptors (Lipinski definition) is 0. The first kappa shape index (κ1) is 17.3. The fourth-order valence-corrected chi connectivity index (χ4v) is 4.01. The van der Waals surface area contributed by atoms with Gasteiger partial charge in [-0.15, -0.1) is 0 Å². The van der Waals surface area contributed by atoms with E-state index in [-0.39, 0.29) is 38.0 Å². The molecule has 0 atom stereocenters. The molecule has 16 heavy (non-hydrogen) atoms. The first-order chi connectivity index (χ1) is 7.43. The second kappa shape index (κ2) is 12.8. The van der Waals surface area contributed by atoms with Crippen molar-refractivity contribution in [1.29, 1.82) is 0 Å². The zero-order valence-electron chi connectivity index (χ0n) is 9.58. The van der Waals surface area contributed by atoms with Crippen molar-refractivity contribution < 1.29 is 17.1 Å². The molecular formula is C14H18FeTe+2. The molecule has 0 aromatic rings. The van der Waals surface area contributed by atoms with Crippen LogP contribution < -0.4 is 0 Å². The van der Waals surface area contributed by atoms with E-state index in [1.807, 2.05) is 32.1 Å². The van der Waals surface area contributed by atoms with E-state index in [0.717, 1.165) is 0 Å². The molecule has 0 aliphatic heterocycles. The van der Waals surface area contributed by atoms with Gasteiger partial charge in [0.2, 0.25) is 0 Å². The average molecular weight is 370 g/mol.